The Bertz CT molecular complexity index is 759. The average molecular weight is 500 g/mol. The number of nitrogens with one attached hydrogen (secondary N) is 1. The Kier molecular flexibility index (Phi) is 10.9. The second kappa shape index (κ2) is 12.1. The summed E-state index contributed by atoms with van der Waals surface area (Å²) in [6.45, 7) is 17.1. The van der Waals surface area contributed by atoms with Crippen molar-refractivity contribution in [2.75, 3.05) is 26.8 Å². The molecule has 1 saturated heterocycles. The summed E-state index contributed by atoms with van der Waals surface area (Å²) in [4.78, 5) is 47.9. The normalized spacial score (nSPS) is 27.5. The van der Waals surface area contributed by atoms with Crippen LogP contribution in [0.2, 0.25) is 0 Å². The van der Waals surface area contributed by atoms with Gasteiger partial charge in [-0.25, -0.2) is 4.79 Å². The van der Waals surface area contributed by atoms with Crippen LogP contribution in [-0.2, 0) is 24.0 Å². The molecule has 1 amide bonds. The molecule has 9 heteroatoms. The number of carbonyl (C=O) groups is 3. The summed E-state index contributed by atoms with van der Waals surface area (Å²) in [6.07, 6.45) is 3.13. The van der Waals surface area contributed by atoms with Gasteiger partial charge < -0.3 is 15.2 Å². The van der Waals surface area contributed by atoms with Crippen LogP contribution < -0.4 is 5.32 Å². The van der Waals surface area contributed by atoms with Crippen LogP contribution in [0, 0.1) is 5.92 Å². The topological polar surface area (TPSA) is 108 Å². The summed E-state index contributed by atoms with van der Waals surface area (Å²) in [6, 6.07) is 0. The number of carbonyl (C=O) groups excluding carboxylic acids is 3. The Morgan fingerprint density at radius 3 is 2.29 bits per heavy atom. The van der Waals surface area contributed by atoms with E-state index in [-0.39, 0.29) is 37.4 Å². The first-order valence-corrected chi connectivity index (χ1v) is 12.9. The molecule has 0 aliphatic carbocycles. The minimum Gasteiger partial charge on any atom is -0.462 e. The number of hydroxylamine groups is 2. The molecule has 0 aromatic rings. The Balaban J connectivity index is 3.59. The molecule has 0 bridgehead atoms. The van der Waals surface area contributed by atoms with Gasteiger partial charge in [-0.05, 0) is 60.9 Å². The standard InChI is InChI=1S/C26H49N3O6/c1-11-14-17-34-22(33)26(9,28(10)23(5,6)21(32)27-15-16-30)35-29-24(7,12-2)18-20(31)19(4)25(29,8)13-3/h19,30H,11-18H2,1-10H3,(H,27,32). The van der Waals surface area contributed by atoms with Crippen LogP contribution in [-0.4, -0.2) is 81.9 Å². The molecule has 1 aliphatic heterocycles. The first-order chi connectivity index (χ1) is 16.1. The summed E-state index contributed by atoms with van der Waals surface area (Å²) < 4.78 is 5.65. The van der Waals surface area contributed by atoms with Crippen LogP contribution in [0.15, 0.2) is 0 Å². The third-order valence-electron chi connectivity index (χ3n) is 8.21. The number of ether oxygens (including phenoxy) is 1. The van der Waals surface area contributed by atoms with Crippen molar-refractivity contribution in [3.8, 4) is 0 Å². The van der Waals surface area contributed by atoms with Crippen molar-refractivity contribution in [1.29, 1.82) is 0 Å². The molecule has 0 saturated carbocycles. The van der Waals surface area contributed by atoms with Crippen molar-refractivity contribution in [3.63, 3.8) is 0 Å². The molecule has 2 N–H and O–H groups in total. The van der Waals surface area contributed by atoms with E-state index in [4.69, 9.17) is 14.7 Å². The van der Waals surface area contributed by atoms with Crippen molar-refractivity contribution in [2.45, 2.75) is 117 Å². The Morgan fingerprint density at radius 1 is 1.20 bits per heavy atom. The quantitative estimate of drug-likeness (QED) is 0.226. The van der Waals surface area contributed by atoms with Gasteiger partial charge in [-0.2, -0.15) is 5.06 Å². The molecule has 0 aromatic heterocycles. The lowest BCUT2D eigenvalue weighted by molar-refractivity contribution is -0.367. The molecule has 1 heterocycles. The number of unbranched alkanes of at least 4 members (excludes halogenated alkanes) is 1. The summed E-state index contributed by atoms with van der Waals surface area (Å²) in [7, 11) is 1.66. The lowest BCUT2D eigenvalue weighted by Crippen LogP contribution is -2.73. The first kappa shape index (κ1) is 31.5. The molecular formula is C26H49N3O6. The molecule has 1 fully saturated rings. The van der Waals surface area contributed by atoms with Crippen molar-refractivity contribution in [2.24, 2.45) is 5.92 Å². The molecule has 1 aliphatic rings. The maximum atomic E-state index is 13.6. The van der Waals surface area contributed by atoms with Crippen LogP contribution >= 0.6 is 0 Å². The molecule has 0 radical (unpaired) electrons. The third-order valence-corrected chi connectivity index (χ3v) is 8.21. The molecule has 0 aromatic carbocycles. The molecule has 4 unspecified atom stereocenters. The third kappa shape index (κ3) is 6.24. The van der Waals surface area contributed by atoms with E-state index in [1.54, 1.807) is 32.7 Å². The van der Waals surface area contributed by atoms with Gasteiger partial charge in [-0.1, -0.05) is 34.1 Å². The summed E-state index contributed by atoms with van der Waals surface area (Å²) in [5, 5.41) is 13.7. The Hall–Kier alpha value is -1.55. The van der Waals surface area contributed by atoms with E-state index in [1.165, 1.54) is 0 Å². The number of Topliss-reactive ketones (excluding diaryl/α,β-unsaturated/α-hetero) is 1. The number of rotatable bonds is 13. The Morgan fingerprint density at radius 2 is 1.80 bits per heavy atom. The lowest BCUT2D eigenvalue weighted by Gasteiger charge is -2.59. The Labute approximate surface area is 211 Å². The zero-order chi connectivity index (χ0) is 27.2. The van der Waals surface area contributed by atoms with E-state index >= 15 is 0 Å². The largest absolute Gasteiger partial charge is 0.462 e. The van der Waals surface area contributed by atoms with Gasteiger partial charge in [-0.3, -0.25) is 19.3 Å². The fraction of sp³-hybridized carbons (Fsp3) is 0.885. The maximum Gasteiger partial charge on any atom is 0.355 e. The number of nitrogens with zero attached hydrogens (tertiary/aromatic N) is 2. The maximum absolute atomic E-state index is 13.6. The van der Waals surface area contributed by atoms with E-state index in [0.29, 0.717) is 25.7 Å². The summed E-state index contributed by atoms with van der Waals surface area (Å²) >= 11 is 0. The molecule has 4 atom stereocenters. The van der Waals surface area contributed by atoms with Crippen LogP contribution in [0.3, 0.4) is 0 Å². The smallest absolute Gasteiger partial charge is 0.355 e. The van der Waals surface area contributed by atoms with Gasteiger partial charge in [0.2, 0.25) is 11.6 Å². The van der Waals surface area contributed by atoms with E-state index in [9.17, 15) is 14.4 Å². The average Bonchev–Trinajstić information content (AvgIpc) is 2.83. The van der Waals surface area contributed by atoms with Crippen LogP contribution in [0.5, 0.6) is 0 Å². The predicted octanol–water partition coefficient (Wildman–Crippen LogP) is 3.04. The highest BCUT2D eigenvalue weighted by molar-refractivity contribution is 5.87. The number of aliphatic hydroxyl groups is 1. The van der Waals surface area contributed by atoms with Crippen molar-refractivity contribution >= 4 is 17.7 Å². The van der Waals surface area contributed by atoms with Gasteiger partial charge in [0.05, 0.1) is 29.8 Å². The minimum atomic E-state index is -1.67. The van der Waals surface area contributed by atoms with Crippen molar-refractivity contribution < 1.29 is 29.1 Å². The molecule has 9 nitrogen and oxygen atoms in total. The highest BCUT2D eigenvalue weighted by Gasteiger charge is 2.59. The van der Waals surface area contributed by atoms with Gasteiger partial charge in [0.1, 0.15) is 5.78 Å². The highest BCUT2D eigenvalue weighted by atomic mass is 16.7. The minimum absolute atomic E-state index is 0.0994. The second-order valence-electron chi connectivity index (χ2n) is 10.9. The van der Waals surface area contributed by atoms with Gasteiger partial charge >= 0.3 is 5.97 Å². The predicted molar refractivity (Wildman–Crippen MR) is 135 cm³/mol. The van der Waals surface area contributed by atoms with Gasteiger partial charge in [0.15, 0.2) is 0 Å². The van der Waals surface area contributed by atoms with E-state index in [1.807, 2.05) is 46.6 Å². The SMILES string of the molecule is CCCCOC(=O)C(C)(ON1C(C)(CC)CC(=O)C(C)C1(C)CC)N(C)C(C)(C)C(=O)NCCO. The number of piperidine rings is 1. The fourth-order valence-electron chi connectivity index (χ4n) is 4.60. The summed E-state index contributed by atoms with van der Waals surface area (Å²) in [5.74, 6) is -1.09. The number of hydrogen-bond acceptors (Lipinski definition) is 8. The molecular weight excluding hydrogens is 450 g/mol. The monoisotopic (exact) mass is 499 g/mol. The van der Waals surface area contributed by atoms with E-state index in [0.717, 1.165) is 6.42 Å². The number of aliphatic hydroxyl groups excluding tert-OH is 1. The highest BCUT2D eigenvalue weighted by Crippen LogP contribution is 2.46. The number of ketones is 1. The van der Waals surface area contributed by atoms with Gasteiger partial charge in [0.25, 0.3) is 0 Å². The van der Waals surface area contributed by atoms with Crippen LogP contribution in [0.25, 0.3) is 0 Å². The zero-order valence-electron chi connectivity index (χ0n) is 23.6. The number of esters is 1. The fourth-order valence-corrected chi connectivity index (χ4v) is 4.60. The zero-order valence-corrected chi connectivity index (χ0v) is 23.6. The molecule has 204 valence electrons. The summed E-state index contributed by atoms with van der Waals surface area (Å²) in [5.41, 5.74) is -4.17. The first-order valence-electron chi connectivity index (χ1n) is 12.9. The molecule has 1 rings (SSSR count). The second-order valence-corrected chi connectivity index (χ2v) is 10.9. The van der Waals surface area contributed by atoms with Gasteiger partial charge in [0, 0.05) is 18.9 Å². The van der Waals surface area contributed by atoms with Crippen molar-refractivity contribution in [1.82, 2.24) is 15.3 Å². The van der Waals surface area contributed by atoms with Gasteiger partial charge in [-0.15, -0.1) is 0 Å². The van der Waals surface area contributed by atoms with Crippen molar-refractivity contribution in [3.05, 3.63) is 0 Å². The number of hydrogen-bond donors (Lipinski definition) is 2. The van der Waals surface area contributed by atoms with E-state index < -0.39 is 28.3 Å². The number of likely N-dealkylation sites (N-methyl/N-ethyl adjacent to an activating group) is 1. The lowest BCUT2D eigenvalue weighted by atomic mass is 9.70. The molecule has 0 spiro atoms. The van der Waals surface area contributed by atoms with E-state index in [2.05, 4.69) is 5.32 Å². The molecule has 35 heavy (non-hydrogen) atoms. The van der Waals surface area contributed by atoms with Crippen LogP contribution in [0.4, 0.5) is 0 Å². The number of amides is 1. The van der Waals surface area contributed by atoms with Crippen LogP contribution in [0.1, 0.15) is 94.4 Å².